The van der Waals surface area contributed by atoms with Crippen LogP contribution < -0.4 is 0 Å². The fourth-order valence-electron chi connectivity index (χ4n) is 6.41. The molecule has 5 nitrogen and oxygen atoms in total. The van der Waals surface area contributed by atoms with Gasteiger partial charge in [-0.05, 0) is 66.3 Å². The lowest BCUT2D eigenvalue weighted by molar-refractivity contribution is 0.670. The van der Waals surface area contributed by atoms with Gasteiger partial charge in [-0.15, -0.1) is 0 Å². The summed E-state index contributed by atoms with van der Waals surface area (Å²) in [6, 6.07) is 33.8. The van der Waals surface area contributed by atoms with E-state index in [1.54, 1.807) is 0 Å². The summed E-state index contributed by atoms with van der Waals surface area (Å²) in [7, 11) is 0. The predicted molar refractivity (Wildman–Crippen MR) is 171 cm³/mol. The average molecular weight is 543 g/mol. The number of benzene rings is 5. The lowest BCUT2D eigenvalue weighted by atomic mass is 9.99. The fraction of sp³-hybridized carbons (Fsp3) is 0.108. The van der Waals surface area contributed by atoms with Crippen LogP contribution in [0.5, 0.6) is 0 Å². The van der Waals surface area contributed by atoms with Crippen molar-refractivity contribution in [2.75, 3.05) is 0 Å². The number of hydrogen-bond acceptors (Lipinski definition) is 4. The van der Waals surface area contributed by atoms with E-state index in [0.29, 0.717) is 11.6 Å². The molecule has 3 aromatic heterocycles. The number of fused-ring (bicyclic) bond motifs is 7. The quantitative estimate of drug-likeness (QED) is 0.241. The molecule has 0 unspecified atom stereocenters. The van der Waals surface area contributed by atoms with Gasteiger partial charge in [-0.25, -0.2) is 15.0 Å². The van der Waals surface area contributed by atoms with Gasteiger partial charge in [-0.2, -0.15) is 0 Å². The van der Waals surface area contributed by atoms with Gasteiger partial charge in [0, 0.05) is 44.3 Å². The first-order valence-electron chi connectivity index (χ1n) is 14.6. The molecule has 200 valence electrons. The smallest absolute Gasteiger partial charge is 0.164 e. The number of hydrogen-bond donors (Lipinski definition) is 1. The van der Waals surface area contributed by atoms with Gasteiger partial charge in [-0.3, -0.25) is 0 Å². The Bertz CT molecular complexity index is 2360. The Morgan fingerprint density at radius 3 is 2.10 bits per heavy atom. The summed E-state index contributed by atoms with van der Waals surface area (Å²) in [4.78, 5) is 18.5. The average Bonchev–Trinajstić information content (AvgIpc) is 3.59. The van der Waals surface area contributed by atoms with Gasteiger partial charge in [0.05, 0.1) is 5.52 Å². The molecule has 5 heteroatoms. The van der Waals surface area contributed by atoms with Gasteiger partial charge >= 0.3 is 0 Å². The summed E-state index contributed by atoms with van der Waals surface area (Å²) < 4.78 is 6.33. The number of nitrogens with zero attached hydrogens (tertiary/aromatic N) is 3. The molecule has 0 fully saturated rings. The molecule has 1 N–H and O–H groups in total. The van der Waals surface area contributed by atoms with E-state index in [1.807, 2.05) is 18.2 Å². The predicted octanol–water partition coefficient (Wildman–Crippen LogP) is 9.85. The lowest BCUT2D eigenvalue weighted by Gasteiger charge is -2.13. The van der Waals surface area contributed by atoms with Crippen LogP contribution in [0, 0.1) is 0 Å². The zero-order valence-corrected chi connectivity index (χ0v) is 22.9. The summed E-state index contributed by atoms with van der Waals surface area (Å²) in [5.41, 5.74) is 7.07. The first kappa shape index (κ1) is 23.4. The van der Waals surface area contributed by atoms with E-state index >= 15 is 0 Å². The van der Waals surface area contributed by atoms with Crippen molar-refractivity contribution in [2.24, 2.45) is 0 Å². The fourth-order valence-corrected chi connectivity index (χ4v) is 6.41. The minimum atomic E-state index is 0.692. The Morgan fingerprint density at radius 1 is 0.548 bits per heavy atom. The van der Waals surface area contributed by atoms with E-state index in [9.17, 15) is 0 Å². The molecule has 0 aliphatic heterocycles. The van der Waals surface area contributed by atoms with Crippen molar-refractivity contribution in [1.82, 2.24) is 19.9 Å². The van der Waals surface area contributed by atoms with Crippen molar-refractivity contribution in [3.8, 4) is 22.8 Å². The summed E-state index contributed by atoms with van der Waals surface area (Å²) >= 11 is 0. The molecule has 1 aliphatic rings. The molecule has 0 atom stereocenters. The highest BCUT2D eigenvalue weighted by atomic mass is 16.3. The van der Waals surface area contributed by atoms with E-state index in [1.165, 1.54) is 40.0 Å². The molecular weight excluding hydrogens is 516 g/mol. The van der Waals surface area contributed by atoms with Crippen LogP contribution in [0.4, 0.5) is 0 Å². The van der Waals surface area contributed by atoms with Crippen LogP contribution >= 0.6 is 0 Å². The largest absolute Gasteiger partial charge is 0.456 e. The van der Waals surface area contributed by atoms with E-state index in [4.69, 9.17) is 19.4 Å². The second kappa shape index (κ2) is 9.11. The number of H-pyrrole nitrogens is 1. The van der Waals surface area contributed by atoms with Gasteiger partial charge in [-0.1, -0.05) is 72.8 Å². The molecule has 1 aliphatic carbocycles. The molecule has 0 saturated heterocycles. The third-order valence-corrected chi connectivity index (χ3v) is 8.56. The van der Waals surface area contributed by atoms with Gasteiger partial charge < -0.3 is 9.40 Å². The van der Waals surface area contributed by atoms with Crippen molar-refractivity contribution in [1.29, 1.82) is 0 Å². The van der Waals surface area contributed by atoms with Gasteiger partial charge in [0.2, 0.25) is 0 Å². The molecule has 0 bridgehead atoms. The number of nitrogens with one attached hydrogen (secondary N) is 1. The second-order valence-corrected chi connectivity index (χ2v) is 11.2. The highest BCUT2D eigenvalue weighted by molar-refractivity contribution is 6.18. The maximum Gasteiger partial charge on any atom is 0.164 e. The van der Waals surface area contributed by atoms with Crippen molar-refractivity contribution in [2.45, 2.75) is 25.7 Å². The van der Waals surface area contributed by atoms with Crippen LogP contribution in [-0.2, 0) is 0 Å². The molecule has 0 saturated carbocycles. The monoisotopic (exact) mass is 542 g/mol. The van der Waals surface area contributed by atoms with Crippen LogP contribution in [0.1, 0.15) is 31.5 Å². The zero-order chi connectivity index (χ0) is 27.6. The Balaban J connectivity index is 1.20. The standard InChI is InChI=1S/C37H26N4O/c1-3-9-22(10-4-1)35-39-36(23-11-5-2-6-12-23)41-37(40-35)26-15-16-27-28-20-30-29-17-24-13-7-8-14-25(24)19-33(29)42-34(30)21-32(28)38-31(27)18-26/h1,3-4,7-11,13-21,38H,2,5-6,12H2. The Labute approximate surface area is 241 Å². The third kappa shape index (κ3) is 3.74. The Hall–Kier alpha value is -5.29. The number of rotatable bonds is 3. The SMILES string of the molecule is C1=C(c2nc(-c3ccccc3)nc(-c3ccc4c(c3)[nH]c3cc5oc6cc7ccccc7cc6c5cc34)n2)CCCC1. The number of furan rings is 1. The summed E-state index contributed by atoms with van der Waals surface area (Å²) in [6.07, 6.45) is 6.76. The first-order valence-corrected chi connectivity index (χ1v) is 14.6. The maximum atomic E-state index is 6.33. The molecule has 8 aromatic rings. The first-order chi connectivity index (χ1) is 20.8. The van der Waals surface area contributed by atoms with E-state index < -0.39 is 0 Å². The van der Waals surface area contributed by atoms with Crippen LogP contribution in [0.15, 0.2) is 108 Å². The number of aromatic nitrogens is 4. The molecule has 42 heavy (non-hydrogen) atoms. The molecule has 3 heterocycles. The normalized spacial score (nSPS) is 14.0. The van der Waals surface area contributed by atoms with Crippen LogP contribution in [0.3, 0.4) is 0 Å². The topological polar surface area (TPSA) is 67.6 Å². The van der Waals surface area contributed by atoms with Crippen molar-refractivity contribution >= 4 is 60.1 Å². The molecule has 5 aromatic carbocycles. The zero-order valence-electron chi connectivity index (χ0n) is 22.9. The van der Waals surface area contributed by atoms with Crippen LogP contribution in [0.2, 0.25) is 0 Å². The molecular formula is C37H26N4O. The summed E-state index contributed by atoms with van der Waals surface area (Å²) in [5, 5.41) is 7.01. The highest BCUT2D eigenvalue weighted by Crippen LogP contribution is 2.38. The Morgan fingerprint density at radius 2 is 1.26 bits per heavy atom. The van der Waals surface area contributed by atoms with Crippen molar-refractivity contribution < 1.29 is 4.42 Å². The third-order valence-electron chi connectivity index (χ3n) is 8.56. The van der Waals surface area contributed by atoms with Crippen molar-refractivity contribution in [3.63, 3.8) is 0 Å². The van der Waals surface area contributed by atoms with Gasteiger partial charge in [0.15, 0.2) is 17.5 Å². The molecule has 0 spiro atoms. The second-order valence-electron chi connectivity index (χ2n) is 11.2. The van der Waals surface area contributed by atoms with E-state index in [-0.39, 0.29) is 0 Å². The highest BCUT2D eigenvalue weighted by Gasteiger charge is 2.17. The molecule has 0 amide bonds. The van der Waals surface area contributed by atoms with Crippen LogP contribution in [0.25, 0.3) is 82.9 Å². The molecule has 0 radical (unpaired) electrons. The number of aromatic amines is 1. The van der Waals surface area contributed by atoms with E-state index in [0.717, 1.165) is 62.8 Å². The summed E-state index contributed by atoms with van der Waals surface area (Å²) in [5.74, 6) is 2.19. The van der Waals surface area contributed by atoms with Crippen molar-refractivity contribution in [3.05, 3.63) is 109 Å². The maximum absolute atomic E-state index is 6.33. The number of allylic oxidation sites excluding steroid dienone is 2. The Kier molecular flexibility index (Phi) is 5.08. The summed E-state index contributed by atoms with van der Waals surface area (Å²) in [6.45, 7) is 0. The lowest BCUT2D eigenvalue weighted by Crippen LogP contribution is -2.04. The minimum Gasteiger partial charge on any atom is -0.456 e. The van der Waals surface area contributed by atoms with Crippen LogP contribution in [-0.4, -0.2) is 19.9 Å². The van der Waals surface area contributed by atoms with Gasteiger partial charge in [0.1, 0.15) is 11.2 Å². The minimum absolute atomic E-state index is 0.692. The van der Waals surface area contributed by atoms with Gasteiger partial charge in [0.25, 0.3) is 0 Å². The van der Waals surface area contributed by atoms with E-state index in [2.05, 4.69) is 89.9 Å². The molecule has 9 rings (SSSR count).